The predicted octanol–water partition coefficient (Wildman–Crippen LogP) is 2.67. The highest BCUT2D eigenvalue weighted by atomic mass is 16.5. The van der Waals surface area contributed by atoms with Gasteiger partial charge in [-0.2, -0.15) is 0 Å². The monoisotopic (exact) mass is 641 g/mol. The van der Waals surface area contributed by atoms with Gasteiger partial charge in [0.25, 0.3) is 0 Å². The summed E-state index contributed by atoms with van der Waals surface area (Å²) in [6.45, 7) is 9.08. The number of primary amides is 1. The van der Waals surface area contributed by atoms with Gasteiger partial charge in [-0.3, -0.25) is 28.8 Å². The van der Waals surface area contributed by atoms with Gasteiger partial charge in [0, 0.05) is 18.7 Å². The standard InChI is InChI=1S/C33H47N5O8/c1-20(2)28(38-27(41)11-7-6-9-23-25(39)16-17-26(23)40)30(43)37-24(10-8-18-35-32(34)45)29(42)36-22-14-12-21(13-15-22)19-46-31(44)33(3,4)5/h12-17,20,23-24,28H,6-11,18-19H2,1-5H3,(H,36,42)(H,37,43)(H,38,41)(H3,34,35,45)/t24-,28?/m1/s1. The van der Waals surface area contributed by atoms with Crippen LogP contribution in [0.4, 0.5) is 10.5 Å². The third-order valence-corrected chi connectivity index (χ3v) is 7.32. The van der Waals surface area contributed by atoms with Crippen molar-refractivity contribution in [2.75, 3.05) is 11.9 Å². The number of carbonyl (C=O) groups is 7. The van der Waals surface area contributed by atoms with Crippen molar-refractivity contribution in [1.29, 1.82) is 0 Å². The van der Waals surface area contributed by atoms with Crippen molar-refractivity contribution >= 4 is 47.0 Å². The third kappa shape index (κ3) is 12.8. The summed E-state index contributed by atoms with van der Waals surface area (Å²) in [6, 6.07) is 4.09. The molecule has 0 radical (unpaired) electrons. The van der Waals surface area contributed by atoms with Crippen molar-refractivity contribution in [3.63, 3.8) is 0 Å². The highest BCUT2D eigenvalue weighted by Crippen LogP contribution is 2.19. The topological polar surface area (TPSA) is 203 Å². The smallest absolute Gasteiger partial charge is 0.312 e. The molecule has 2 rings (SSSR count). The van der Waals surface area contributed by atoms with E-state index >= 15 is 0 Å². The zero-order valence-electron chi connectivity index (χ0n) is 27.3. The van der Waals surface area contributed by atoms with Crippen LogP contribution in [0.1, 0.15) is 78.7 Å². The average molecular weight is 642 g/mol. The van der Waals surface area contributed by atoms with E-state index in [-0.39, 0.29) is 55.4 Å². The van der Waals surface area contributed by atoms with Crippen molar-refractivity contribution in [3.05, 3.63) is 42.0 Å². The van der Waals surface area contributed by atoms with E-state index in [1.807, 2.05) is 0 Å². The summed E-state index contributed by atoms with van der Waals surface area (Å²) in [6.07, 6.45) is 4.46. The lowest BCUT2D eigenvalue weighted by molar-refractivity contribution is -0.154. The van der Waals surface area contributed by atoms with E-state index < -0.39 is 41.3 Å². The molecule has 0 aromatic heterocycles. The highest BCUT2D eigenvalue weighted by Gasteiger charge is 2.30. The fourth-order valence-corrected chi connectivity index (χ4v) is 4.56. The molecule has 0 saturated carbocycles. The first-order chi connectivity index (χ1) is 21.6. The second-order valence-electron chi connectivity index (χ2n) is 12.7. The summed E-state index contributed by atoms with van der Waals surface area (Å²) in [7, 11) is 0. The molecule has 0 fully saturated rings. The SMILES string of the molecule is CC(C)C(NC(=O)CCCCC1C(=O)C=CC1=O)C(=O)N[C@H](CCCNC(N)=O)C(=O)Nc1ccc(COC(=O)C(C)(C)C)cc1. The first-order valence-electron chi connectivity index (χ1n) is 15.5. The molecule has 1 aromatic carbocycles. The van der Waals surface area contributed by atoms with Gasteiger partial charge in [0.05, 0.1) is 11.3 Å². The van der Waals surface area contributed by atoms with Crippen LogP contribution < -0.4 is 27.0 Å². The molecule has 1 aliphatic carbocycles. The number of carbonyl (C=O) groups excluding carboxylic acids is 7. The van der Waals surface area contributed by atoms with E-state index in [1.165, 1.54) is 12.2 Å². The number of esters is 1. The fourth-order valence-electron chi connectivity index (χ4n) is 4.56. The van der Waals surface area contributed by atoms with E-state index in [4.69, 9.17) is 10.5 Å². The summed E-state index contributed by atoms with van der Waals surface area (Å²) in [5.74, 6) is -3.15. The number of hydrogen-bond donors (Lipinski definition) is 5. The van der Waals surface area contributed by atoms with Crippen molar-refractivity contribution in [2.45, 2.75) is 91.8 Å². The molecule has 13 nitrogen and oxygen atoms in total. The quantitative estimate of drug-likeness (QED) is 0.0970. The minimum Gasteiger partial charge on any atom is -0.460 e. The van der Waals surface area contributed by atoms with Crippen LogP contribution in [-0.4, -0.2) is 59.9 Å². The Balaban J connectivity index is 1.98. The fraction of sp³-hybridized carbons (Fsp3) is 0.545. The van der Waals surface area contributed by atoms with Crippen molar-refractivity contribution in [1.82, 2.24) is 16.0 Å². The number of nitrogens with one attached hydrogen (secondary N) is 4. The second-order valence-corrected chi connectivity index (χ2v) is 12.7. The Kier molecular flexibility index (Phi) is 14.6. The van der Waals surface area contributed by atoms with Gasteiger partial charge < -0.3 is 31.7 Å². The Hall–Kier alpha value is -4.55. The number of rotatable bonds is 17. The molecule has 46 heavy (non-hydrogen) atoms. The van der Waals surface area contributed by atoms with Gasteiger partial charge in [0.2, 0.25) is 17.7 Å². The van der Waals surface area contributed by atoms with Crippen LogP contribution in [-0.2, 0) is 40.1 Å². The van der Waals surface area contributed by atoms with Crippen LogP contribution >= 0.6 is 0 Å². The minimum absolute atomic E-state index is 0.0789. The number of benzene rings is 1. The Bertz CT molecular complexity index is 1280. The molecule has 0 spiro atoms. The molecule has 0 heterocycles. The number of amides is 5. The first-order valence-corrected chi connectivity index (χ1v) is 15.5. The largest absolute Gasteiger partial charge is 0.460 e. The van der Waals surface area contributed by atoms with Gasteiger partial charge >= 0.3 is 12.0 Å². The lowest BCUT2D eigenvalue weighted by Crippen LogP contribution is -2.54. The Morgan fingerprint density at radius 2 is 1.52 bits per heavy atom. The van der Waals surface area contributed by atoms with E-state index in [2.05, 4.69) is 21.3 Å². The van der Waals surface area contributed by atoms with E-state index in [0.29, 0.717) is 31.4 Å². The molecule has 252 valence electrons. The Morgan fingerprint density at radius 3 is 2.09 bits per heavy atom. The van der Waals surface area contributed by atoms with Gasteiger partial charge in [0.1, 0.15) is 18.7 Å². The molecular formula is C33H47N5O8. The van der Waals surface area contributed by atoms with Crippen molar-refractivity contribution in [2.24, 2.45) is 23.0 Å². The zero-order valence-corrected chi connectivity index (χ0v) is 27.3. The summed E-state index contributed by atoms with van der Waals surface area (Å²) in [5.41, 5.74) is 5.68. The van der Waals surface area contributed by atoms with Crippen LogP contribution in [0.2, 0.25) is 0 Å². The maximum Gasteiger partial charge on any atom is 0.312 e. The first kappa shape index (κ1) is 37.6. The molecule has 1 aromatic rings. The molecule has 0 aliphatic heterocycles. The number of urea groups is 1. The number of hydrogen-bond acceptors (Lipinski definition) is 8. The van der Waals surface area contributed by atoms with Crippen LogP contribution in [0.5, 0.6) is 0 Å². The molecule has 2 atom stereocenters. The van der Waals surface area contributed by atoms with E-state index in [9.17, 15) is 33.6 Å². The average Bonchev–Trinajstić information content (AvgIpc) is 3.30. The zero-order chi connectivity index (χ0) is 34.4. The van der Waals surface area contributed by atoms with Crippen molar-refractivity contribution < 1.29 is 38.3 Å². The van der Waals surface area contributed by atoms with Gasteiger partial charge in [-0.05, 0) is 82.2 Å². The number of ether oxygens (including phenoxy) is 1. The summed E-state index contributed by atoms with van der Waals surface area (Å²) >= 11 is 0. The summed E-state index contributed by atoms with van der Waals surface area (Å²) in [5, 5.41) is 10.7. The minimum atomic E-state index is -0.997. The molecule has 6 N–H and O–H groups in total. The van der Waals surface area contributed by atoms with Gasteiger partial charge in [-0.15, -0.1) is 0 Å². The van der Waals surface area contributed by atoms with Gasteiger partial charge in [0.15, 0.2) is 11.6 Å². The van der Waals surface area contributed by atoms with Crippen molar-refractivity contribution in [3.8, 4) is 0 Å². The number of ketones is 2. The molecule has 1 aliphatic rings. The van der Waals surface area contributed by atoms with Crippen LogP contribution in [0.3, 0.4) is 0 Å². The van der Waals surface area contributed by atoms with E-state index in [0.717, 1.165) is 5.56 Å². The lowest BCUT2D eigenvalue weighted by Gasteiger charge is -2.25. The number of allylic oxidation sites excluding steroid dienone is 2. The number of anilines is 1. The molecule has 13 heteroatoms. The molecule has 1 unspecified atom stereocenters. The summed E-state index contributed by atoms with van der Waals surface area (Å²) < 4.78 is 5.32. The van der Waals surface area contributed by atoms with Gasteiger partial charge in [-0.25, -0.2) is 4.79 Å². The molecule has 0 saturated heterocycles. The Labute approximate surface area is 269 Å². The molecule has 0 bridgehead atoms. The number of unbranched alkanes of at least 4 members (excludes halogenated alkanes) is 1. The normalized spacial score (nSPS) is 14.5. The maximum atomic E-state index is 13.3. The van der Waals surface area contributed by atoms with Crippen LogP contribution in [0, 0.1) is 17.3 Å². The van der Waals surface area contributed by atoms with Gasteiger partial charge in [-0.1, -0.05) is 32.4 Å². The second kappa shape index (κ2) is 17.8. The number of nitrogens with two attached hydrogens (primary N) is 1. The molecule has 5 amide bonds. The summed E-state index contributed by atoms with van der Waals surface area (Å²) in [4.78, 5) is 85.9. The van der Waals surface area contributed by atoms with Crippen LogP contribution in [0.25, 0.3) is 0 Å². The third-order valence-electron chi connectivity index (χ3n) is 7.32. The Morgan fingerprint density at radius 1 is 0.891 bits per heavy atom. The highest BCUT2D eigenvalue weighted by molar-refractivity contribution is 6.18. The molecular weight excluding hydrogens is 594 g/mol. The van der Waals surface area contributed by atoms with Crippen LogP contribution in [0.15, 0.2) is 36.4 Å². The predicted molar refractivity (Wildman–Crippen MR) is 171 cm³/mol. The maximum absolute atomic E-state index is 13.3. The van der Waals surface area contributed by atoms with E-state index in [1.54, 1.807) is 58.9 Å². The lowest BCUT2D eigenvalue weighted by atomic mass is 9.97.